The molecular formula is C20H31N5O. The summed E-state index contributed by atoms with van der Waals surface area (Å²) in [6.45, 7) is 6.14. The van der Waals surface area contributed by atoms with Crippen molar-refractivity contribution in [1.82, 2.24) is 20.4 Å². The Hall–Kier alpha value is -2.34. The highest BCUT2D eigenvalue weighted by molar-refractivity contribution is 5.79. The van der Waals surface area contributed by atoms with Crippen LogP contribution in [0.3, 0.4) is 0 Å². The fraction of sp³-hybridized carbons (Fsp3) is 0.500. The monoisotopic (exact) mass is 357 g/mol. The maximum Gasteiger partial charge on any atom is 0.191 e. The van der Waals surface area contributed by atoms with E-state index in [9.17, 15) is 0 Å². The third kappa shape index (κ3) is 7.70. The number of hydrogen-bond acceptors (Lipinski definition) is 3. The lowest BCUT2D eigenvalue weighted by Crippen LogP contribution is -2.37. The Morgan fingerprint density at radius 1 is 1.12 bits per heavy atom. The Balaban J connectivity index is 1.65. The van der Waals surface area contributed by atoms with Gasteiger partial charge in [0, 0.05) is 45.1 Å². The van der Waals surface area contributed by atoms with Gasteiger partial charge in [0.1, 0.15) is 0 Å². The summed E-state index contributed by atoms with van der Waals surface area (Å²) in [6.07, 6.45) is 7.24. The number of aliphatic imine (C=N–C) groups is 1. The fourth-order valence-electron chi connectivity index (χ4n) is 2.49. The lowest BCUT2D eigenvalue weighted by Gasteiger charge is -2.11. The SMILES string of the molecule is CCCCOCCCNC(=NC)NCc1cnn(Cc2ccccc2)c1. The average molecular weight is 358 g/mol. The van der Waals surface area contributed by atoms with Crippen LogP contribution < -0.4 is 10.6 Å². The van der Waals surface area contributed by atoms with Gasteiger partial charge in [0.25, 0.3) is 0 Å². The second-order valence-electron chi connectivity index (χ2n) is 6.20. The second-order valence-corrected chi connectivity index (χ2v) is 6.20. The van der Waals surface area contributed by atoms with Gasteiger partial charge >= 0.3 is 0 Å². The van der Waals surface area contributed by atoms with Crippen LogP contribution in [0.2, 0.25) is 0 Å². The van der Waals surface area contributed by atoms with E-state index in [1.165, 1.54) is 12.0 Å². The summed E-state index contributed by atoms with van der Waals surface area (Å²) in [5.41, 5.74) is 2.38. The highest BCUT2D eigenvalue weighted by atomic mass is 16.5. The number of aromatic nitrogens is 2. The number of benzene rings is 1. The van der Waals surface area contributed by atoms with Gasteiger partial charge in [0.15, 0.2) is 5.96 Å². The van der Waals surface area contributed by atoms with E-state index in [2.05, 4.69) is 46.0 Å². The molecule has 26 heavy (non-hydrogen) atoms. The summed E-state index contributed by atoms with van der Waals surface area (Å²) in [4.78, 5) is 4.25. The molecule has 0 bridgehead atoms. The summed E-state index contributed by atoms with van der Waals surface area (Å²) in [5.74, 6) is 0.800. The van der Waals surface area contributed by atoms with E-state index in [1.807, 2.05) is 29.1 Å². The van der Waals surface area contributed by atoms with Crippen LogP contribution in [0.15, 0.2) is 47.7 Å². The topological polar surface area (TPSA) is 63.5 Å². The smallest absolute Gasteiger partial charge is 0.191 e. The van der Waals surface area contributed by atoms with Gasteiger partial charge in [-0.15, -0.1) is 0 Å². The molecule has 0 amide bonds. The molecule has 2 rings (SSSR count). The van der Waals surface area contributed by atoms with E-state index in [4.69, 9.17) is 4.74 Å². The van der Waals surface area contributed by atoms with Gasteiger partial charge in [-0.05, 0) is 18.4 Å². The van der Waals surface area contributed by atoms with Crippen LogP contribution in [-0.4, -0.2) is 42.5 Å². The number of nitrogens with one attached hydrogen (secondary N) is 2. The molecule has 1 heterocycles. The Labute approximate surface area is 156 Å². The van der Waals surface area contributed by atoms with E-state index >= 15 is 0 Å². The lowest BCUT2D eigenvalue weighted by atomic mass is 10.2. The predicted octanol–water partition coefficient (Wildman–Crippen LogP) is 2.80. The molecular weight excluding hydrogens is 326 g/mol. The summed E-state index contributed by atoms with van der Waals surface area (Å²) in [6, 6.07) is 10.3. The molecule has 1 aromatic carbocycles. The Bertz CT molecular complexity index is 639. The van der Waals surface area contributed by atoms with E-state index in [1.54, 1.807) is 7.05 Å². The van der Waals surface area contributed by atoms with Crippen molar-refractivity contribution in [1.29, 1.82) is 0 Å². The van der Waals surface area contributed by atoms with Crippen molar-refractivity contribution in [2.24, 2.45) is 4.99 Å². The largest absolute Gasteiger partial charge is 0.381 e. The molecule has 0 aliphatic carbocycles. The Kier molecular flexibility index (Phi) is 9.29. The third-order valence-corrected chi connectivity index (χ3v) is 3.96. The van der Waals surface area contributed by atoms with E-state index in [0.29, 0.717) is 6.54 Å². The van der Waals surface area contributed by atoms with Gasteiger partial charge in [-0.25, -0.2) is 0 Å². The first-order chi connectivity index (χ1) is 12.8. The van der Waals surface area contributed by atoms with Gasteiger partial charge in [-0.1, -0.05) is 43.7 Å². The molecule has 0 spiro atoms. The molecule has 2 aromatic rings. The first-order valence-corrected chi connectivity index (χ1v) is 9.39. The zero-order valence-electron chi connectivity index (χ0n) is 15.9. The standard InChI is InChI=1S/C20H31N5O/c1-3-4-12-26-13-8-11-22-20(21-2)23-14-19-15-24-25(17-19)16-18-9-6-5-7-10-18/h5-7,9-10,15,17H,3-4,8,11-14,16H2,1-2H3,(H2,21,22,23). The normalized spacial score (nSPS) is 11.5. The van der Waals surface area contributed by atoms with Crippen LogP contribution in [0.5, 0.6) is 0 Å². The highest BCUT2D eigenvalue weighted by Gasteiger charge is 2.02. The van der Waals surface area contributed by atoms with Crippen LogP contribution >= 0.6 is 0 Å². The van der Waals surface area contributed by atoms with E-state index in [0.717, 1.165) is 50.7 Å². The molecule has 0 radical (unpaired) electrons. The molecule has 0 atom stereocenters. The molecule has 6 heteroatoms. The van der Waals surface area contributed by atoms with Crippen LogP contribution in [0.25, 0.3) is 0 Å². The number of unbranched alkanes of at least 4 members (excludes halogenated alkanes) is 1. The number of nitrogens with zero attached hydrogens (tertiary/aromatic N) is 3. The number of ether oxygens (including phenoxy) is 1. The van der Waals surface area contributed by atoms with Crippen molar-refractivity contribution in [3.63, 3.8) is 0 Å². The van der Waals surface area contributed by atoms with Crippen LogP contribution in [0, 0.1) is 0 Å². The molecule has 6 nitrogen and oxygen atoms in total. The van der Waals surface area contributed by atoms with Gasteiger partial charge in [0.05, 0.1) is 12.7 Å². The quantitative estimate of drug-likeness (QED) is 0.369. The summed E-state index contributed by atoms with van der Waals surface area (Å²) < 4.78 is 7.51. The molecule has 142 valence electrons. The highest BCUT2D eigenvalue weighted by Crippen LogP contribution is 2.03. The van der Waals surface area contributed by atoms with Crippen molar-refractivity contribution in [2.45, 2.75) is 39.3 Å². The van der Waals surface area contributed by atoms with Crippen molar-refractivity contribution in [2.75, 3.05) is 26.8 Å². The van der Waals surface area contributed by atoms with Crippen molar-refractivity contribution >= 4 is 5.96 Å². The molecule has 0 aliphatic heterocycles. The van der Waals surface area contributed by atoms with Gasteiger partial charge < -0.3 is 15.4 Å². The number of rotatable bonds is 11. The van der Waals surface area contributed by atoms with Crippen LogP contribution in [0.4, 0.5) is 0 Å². The summed E-state index contributed by atoms with van der Waals surface area (Å²) in [7, 11) is 1.78. The number of hydrogen-bond donors (Lipinski definition) is 2. The van der Waals surface area contributed by atoms with Crippen molar-refractivity contribution < 1.29 is 4.74 Å². The average Bonchev–Trinajstić information content (AvgIpc) is 3.11. The first kappa shape index (κ1) is 20.0. The maximum atomic E-state index is 5.56. The molecule has 0 aliphatic rings. The van der Waals surface area contributed by atoms with Crippen molar-refractivity contribution in [3.05, 3.63) is 53.9 Å². The zero-order valence-corrected chi connectivity index (χ0v) is 15.9. The minimum atomic E-state index is 0.696. The minimum Gasteiger partial charge on any atom is -0.381 e. The van der Waals surface area contributed by atoms with E-state index < -0.39 is 0 Å². The van der Waals surface area contributed by atoms with Crippen LogP contribution in [0.1, 0.15) is 37.3 Å². The minimum absolute atomic E-state index is 0.696. The lowest BCUT2D eigenvalue weighted by molar-refractivity contribution is 0.129. The Morgan fingerprint density at radius 3 is 2.69 bits per heavy atom. The van der Waals surface area contributed by atoms with Crippen molar-refractivity contribution in [3.8, 4) is 0 Å². The first-order valence-electron chi connectivity index (χ1n) is 9.39. The van der Waals surface area contributed by atoms with Gasteiger partial charge in [-0.3, -0.25) is 9.67 Å². The molecule has 1 aromatic heterocycles. The second kappa shape index (κ2) is 12.1. The molecule has 2 N–H and O–H groups in total. The molecule has 0 fully saturated rings. The fourth-order valence-corrected chi connectivity index (χ4v) is 2.49. The number of guanidine groups is 1. The van der Waals surface area contributed by atoms with Gasteiger partial charge in [0.2, 0.25) is 0 Å². The maximum absolute atomic E-state index is 5.56. The van der Waals surface area contributed by atoms with E-state index in [-0.39, 0.29) is 0 Å². The molecule has 0 saturated heterocycles. The Morgan fingerprint density at radius 2 is 1.92 bits per heavy atom. The predicted molar refractivity (Wildman–Crippen MR) is 106 cm³/mol. The third-order valence-electron chi connectivity index (χ3n) is 3.96. The molecule has 0 saturated carbocycles. The van der Waals surface area contributed by atoms with Gasteiger partial charge in [-0.2, -0.15) is 5.10 Å². The zero-order chi connectivity index (χ0) is 18.5. The summed E-state index contributed by atoms with van der Waals surface area (Å²) >= 11 is 0. The van der Waals surface area contributed by atoms with Crippen LogP contribution in [-0.2, 0) is 17.8 Å². The summed E-state index contributed by atoms with van der Waals surface area (Å²) in [5, 5.41) is 11.1. The molecule has 0 unspecified atom stereocenters.